The van der Waals surface area contributed by atoms with Gasteiger partial charge in [-0.2, -0.15) is 0 Å². The number of rotatable bonds is 4. The minimum atomic E-state index is -0.190. The van der Waals surface area contributed by atoms with Crippen LogP contribution in [0, 0.1) is 0 Å². The van der Waals surface area contributed by atoms with Crippen LogP contribution in [0.15, 0.2) is 29.9 Å². The van der Waals surface area contributed by atoms with E-state index in [1.165, 1.54) is 11.3 Å². The summed E-state index contributed by atoms with van der Waals surface area (Å²) in [5.41, 5.74) is 6.81. The number of nitrogens with two attached hydrogens (primary N) is 1. The first-order valence-electron chi connectivity index (χ1n) is 5.11. The van der Waals surface area contributed by atoms with Crippen molar-refractivity contribution in [1.29, 1.82) is 0 Å². The fraction of sp³-hybridized carbons (Fsp3) is 0.182. The van der Waals surface area contributed by atoms with Gasteiger partial charge in [-0.3, -0.25) is 9.78 Å². The molecule has 0 bridgehead atoms. The average molecular weight is 248 g/mol. The monoisotopic (exact) mass is 248 g/mol. The van der Waals surface area contributed by atoms with Gasteiger partial charge in [-0.05, 0) is 11.6 Å². The van der Waals surface area contributed by atoms with E-state index in [-0.39, 0.29) is 5.91 Å². The zero-order chi connectivity index (χ0) is 12.1. The SMILES string of the molecule is NCc1nc(C(=O)NCc2cccnc2)cs1. The van der Waals surface area contributed by atoms with Gasteiger partial charge in [0.15, 0.2) is 0 Å². The molecule has 1 amide bonds. The number of carbonyl (C=O) groups is 1. The van der Waals surface area contributed by atoms with Gasteiger partial charge >= 0.3 is 0 Å². The van der Waals surface area contributed by atoms with E-state index >= 15 is 0 Å². The maximum Gasteiger partial charge on any atom is 0.271 e. The Hall–Kier alpha value is -1.79. The third kappa shape index (κ3) is 3.08. The molecule has 0 aliphatic heterocycles. The lowest BCUT2D eigenvalue weighted by Gasteiger charge is -2.02. The molecule has 88 valence electrons. The third-order valence-corrected chi connectivity index (χ3v) is 3.01. The summed E-state index contributed by atoms with van der Waals surface area (Å²) >= 11 is 1.39. The number of aromatic nitrogens is 2. The first-order chi connectivity index (χ1) is 8.29. The Kier molecular flexibility index (Phi) is 3.79. The molecule has 0 unspecified atom stereocenters. The molecule has 0 radical (unpaired) electrons. The predicted molar refractivity (Wildman–Crippen MR) is 65.4 cm³/mol. The van der Waals surface area contributed by atoms with E-state index in [0.29, 0.717) is 18.8 Å². The lowest BCUT2D eigenvalue weighted by Crippen LogP contribution is -2.23. The van der Waals surface area contributed by atoms with Crippen LogP contribution in [0.1, 0.15) is 21.1 Å². The quantitative estimate of drug-likeness (QED) is 0.843. The normalized spacial score (nSPS) is 10.2. The van der Waals surface area contributed by atoms with Crippen LogP contribution >= 0.6 is 11.3 Å². The van der Waals surface area contributed by atoms with Gasteiger partial charge in [-0.1, -0.05) is 6.07 Å². The number of pyridine rings is 1. The van der Waals surface area contributed by atoms with Gasteiger partial charge in [-0.15, -0.1) is 11.3 Å². The standard InChI is InChI=1S/C11H12N4OS/c12-4-10-15-9(7-17-10)11(16)14-6-8-2-1-3-13-5-8/h1-3,5,7H,4,6,12H2,(H,14,16). The summed E-state index contributed by atoms with van der Waals surface area (Å²) < 4.78 is 0. The zero-order valence-corrected chi connectivity index (χ0v) is 9.91. The Morgan fingerprint density at radius 1 is 1.53 bits per heavy atom. The molecule has 2 rings (SSSR count). The molecule has 0 saturated carbocycles. The van der Waals surface area contributed by atoms with Crippen LogP contribution in [0.25, 0.3) is 0 Å². The van der Waals surface area contributed by atoms with E-state index in [1.807, 2.05) is 12.1 Å². The molecule has 0 atom stereocenters. The number of nitrogens with one attached hydrogen (secondary N) is 1. The highest BCUT2D eigenvalue weighted by molar-refractivity contribution is 7.09. The lowest BCUT2D eigenvalue weighted by atomic mass is 10.3. The Labute approximate surface area is 103 Å². The van der Waals surface area contributed by atoms with Crippen LogP contribution in [-0.4, -0.2) is 15.9 Å². The van der Waals surface area contributed by atoms with E-state index < -0.39 is 0 Å². The number of nitrogens with zero attached hydrogens (tertiary/aromatic N) is 2. The fourth-order valence-corrected chi connectivity index (χ4v) is 1.94. The number of hydrogen-bond acceptors (Lipinski definition) is 5. The first kappa shape index (κ1) is 11.7. The summed E-state index contributed by atoms with van der Waals surface area (Å²) in [6.07, 6.45) is 3.41. The van der Waals surface area contributed by atoms with Crippen molar-refractivity contribution in [2.45, 2.75) is 13.1 Å². The summed E-state index contributed by atoms with van der Waals surface area (Å²) in [5, 5.41) is 5.25. The third-order valence-electron chi connectivity index (χ3n) is 2.13. The Bertz CT molecular complexity index is 497. The number of hydrogen-bond donors (Lipinski definition) is 2. The van der Waals surface area contributed by atoms with Gasteiger partial charge < -0.3 is 11.1 Å². The second-order valence-corrected chi connectivity index (χ2v) is 4.32. The molecule has 2 heterocycles. The van der Waals surface area contributed by atoms with Gasteiger partial charge in [0.25, 0.3) is 5.91 Å². The lowest BCUT2D eigenvalue weighted by molar-refractivity contribution is 0.0946. The predicted octanol–water partition coefficient (Wildman–Crippen LogP) is 0.927. The molecule has 0 saturated heterocycles. The van der Waals surface area contributed by atoms with E-state index in [2.05, 4.69) is 15.3 Å². The van der Waals surface area contributed by atoms with E-state index in [1.54, 1.807) is 17.8 Å². The van der Waals surface area contributed by atoms with Crippen molar-refractivity contribution in [2.24, 2.45) is 5.73 Å². The van der Waals surface area contributed by atoms with Crippen LogP contribution in [0.3, 0.4) is 0 Å². The Morgan fingerprint density at radius 3 is 3.06 bits per heavy atom. The smallest absolute Gasteiger partial charge is 0.271 e. The van der Waals surface area contributed by atoms with Crippen molar-refractivity contribution in [3.63, 3.8) is 0 Å². The number of carbonyl (C=O) groups excluding carboxylic acids is 1. The zero-order valence-electron chi connectivity index (χ0n) is 9.09. The fourth-order valence-electron chi connectivity index (χ4n) is 1.28. The van der Waals surface area contributed by atoms with Crippen LogP contribution in [0.2, 0.25) is 0 Å². The summed E-state index contributed by atoms with van der Waals surface area (Å²) in [5.74, 6) is -0.190. The molecule has 0 spiro atoms. The largest absolute Gasteiger partial charge is 0.347 e. The van der Waals surface area contributed by atoms with Crippen LogP contribution < -0.4 is 11.1 Å². The van der Waals surface area contributed by atoms with Crippen molar-refractivity contribution >= 4 is 17.2 Å². The molecule has 6 heteroatoms. The van der Waals surface area contributed by atoms with Crippen molar-refractivity contribution in [3.8, 4) is 0 Å². The second-order valence-electron chi connectivity index (χ2n) is 3.37. The molecule has 0 fully saturated rings. The van der Waals surface area contributed by atoms with Crippen LogP contribution in [0.4, 0.5) is 0 Å². The topological polar surface area (TPSA) is 80.9 Å². The van der Waals surface area contributed by atoms with Crippen molar-refractivity contribution in [3.05, 3.63) is 46.2 Å². The maximum atomic E-state index is 11.7. The summed E-state index contributed by atoms with van der Waals surface area (Å²) in [7, 11) is 0. The molecule has 0 aliphatic carbocycles. The summed E-state index contributed by atoms with van der Waals surface area (Å²) in [4.78, 5) is 19.8. The molecular formula is C11H12N4OS. The molecule has 3 N–H and O–H groups in total. The van der Waals surface area contributed by atoms with Gasteiger partial charge in [0.1, 0.15) is 10.7 Å². The average Bonchev–Trinajstić information content (AvgIpc) is 2.86. The molecule has 2 aromatic rings. The molecule has 17 heavy (non-hydrogen) atoms. The highest BCUT2D eigenvalue weighted by atomic mass is 32.1. The maximum absolute atomic E-state index is 11.7. The first-order valence-corrected chi connectivity index (χ1v) is 5.99. The van der Waals surface area contributed by atoms with E-state index in [0.717, 1.165) is 10.6 Å². The molecular weight excluding hydrogens is 236 g/mol. The minimum absolute atomic E-state index is 0.190. The molecule has 2 aromatic heterocycles. The van der Waals surface area contributed by atoms with Crippen LogP contribution in [0.5, 0.6) is 0 Å². The van der Waals surface area contributed by atoms with Gasteiger partial charge in [-0.25, -0.2) is 4.98 Å². The molecule has 0 aromatic carbocycles. The Balaban J connectivity index is 1.93. The highest BCUT2D eigenvalue weighted by Gasteiger charge is 2.09. The number of thiazole rings is 1. The van der Waals surface area contributed by atoms with E-state index in [9.17, 15) is 4.79 Å². The molecule has 0 aliphatic rings. The van der Waals surface area contributed by atoms with Gasteiger partial charge in [0, 0.05) is 30.9 Å². The molecule has 5 nitrogen and oxygen atoms in total. The van der Waals surface area contributed by atoms with Gasteiger partial charge in [0.2, 0.25) is 0 Å². The van der Waals surface area contributed by atoms with Crippen molar-refractivity contribution in [2.75, 3.05) is 0 Å². The Morgan fingerprint density at radius 2 is 2.41 bits per heavy atom. The second kappa shape index (κ2) is 5.51. The highest BCUT2D eigenvalue weighted by Crippen LogP contribution is 2.08. The number of amides is 1. The van der Waals surface area contributed by atoms with E-state index in [4.69, 9.17) is 5.73 Å². The van der Waals surface area contributed by atoms with Crippen LogP contribution in [-0.2, 0) is 13.1 Å². The minimum Gasteiger partial charge on any atom is -0.347 e. The summed E-state index contributed by atoms with van der Waals surface area (Å²) in [6, 6.07) is 3.73. The van der Waals surface area contributed by atoms with Crippen molar-refractivity contribution < 1.29 is 4.79 Å². The van der Waals surface area contributed by atoms with Gasteiger partial charge in [0.05, 0.1) is 0 Å². The summed E-state index contributed by atoms with van der Waals surface area (Å²) in [6.45, 7) is 0.808. The van der Waals surface area contributed by atoms with Crippen molar-refractivity contribution in [1.82, 2.24) is 15.3 Å².